The summed E-state index contributed by atoms with van der Waals surface area (Å²) in [5, 5.41) is 0.000390. The van der Waals surface area contributed by atoms with Crippen LogP contribution < -0.4 is 9.46 Å². The van der Waals surface area contributed by atoms with Gasteiger partial charge in [0.25, 0.3) is 10.0 Å². The molecule has 9 heteroatoms. The van der Waals surface area contributed by atoms with Gasteiger partial charge < -0.3 is 14.5 Å². The van der Waals surface area contributed by atoms with E-state index in [-0.39, 0.29) is 5.03 Å². The number of hydrogen-bond donors (Lipinski definition) is 2. The quantitative estimate of drug-likeness (QED) is 0.737. The average molecular weight is 312 g/mol. The number of hydrogen-bond acceptors (Lipinski definition) is 6. The minimum atomic E-state index is -3.70. The van der Waals surface area contributed by atoms with Crippen molar-refractivity contribution < 1.29 is 17.9 Å². The van der Waals surface area contributed by atoms with Crippen molar-refractivity contribution in [3.05, 3.63) is 30.4 Å². The Morgan fingerprint density at radius 1 is 1.24 bits per heavy atom. The molecule has 114 valence electrons. The maximum Gasteiger partial charge on any atom is 0.279 e. The predicted octanol–water partition coefficient (Wildman–Crippen LogP) is 0.939. The summed E-state index contributed by atoms with van der Waals surface area (Å²) < 4.78 is 36.6. The van der Waals surface area contributed by atoms with E-state index in [1.54, 1.807) is 26.2 Å². The molecule has 2 N–H and O–H groups in total. The zero-order valence-electron chi connectivity index (χ0n) is 11.7. The molecule has 0 fully saturated rings. The molecule has 0 amide bonds. The predicted molar refractivity (Wildman–Crippen MR) is 75.7 cm³/mol. The third-order valence-corrected chi connectivity index (χ3v) is 3.79. The molecular weight excluding hydrogens is 296 g/mol. The molecule has 21 heavy (non-hydrogen) atoms. The van der Waals surface area contributed by atoms with Crippen LogP contribution >= 0.6 is 0 Å². The molecule has 0 saturated heterocycles. The van der Waals surface area contributed by atoms with E-state index in [0.717, 1.165) is 0 Å². The standard InChI is InChI=1S/C12H16N4O4S/c1-9-13-8-12(15-9)21(17,18)16-10-3-4-11(14-7-10)20-6-5-19-2/h3-4,7-8,16H,5-6H2,1-2H3,(H,13,15). The van der Waals surface area contributed by atoms with Gasteiger partial charge in [0.2, 0.25) is 5.88 Å². The summed E-state index contributed by atoms with van der Waals surface area (Å²) in [6, 6.07) is 3.14. The van der Waals surface area contributed by atoms with Crippen molar-refractivity contribution in [3.63, 3.8) is 0 Å². The van der Waals surface area contributed by atoms with Crippen molar-refractivity contribution in [2.45, 2.75) is 11.9 Å². The monoisotopic (exact) mass is 312 g/mol. The first-order valence-corrected chi connectivity index (χ1v) is 7.62. The molecule has 0 aliphatic carbocycles. The maximum absolute atomic E-state index is 12.1. The molecule has 0 atom stereocenters. The van der Waals surface area contributed by atoms with Crippen molar-refractivity contribution in [2.24, 2.45) is 0 Å². The summed E-state index contributed by atoms with van der Waals surface area (Å²) in [7, 11) is -2.12. The number of aromatic nitrogens is 3. The Morgan fingerprint density at radius 2 is 2.05 bits per heavy atom. The van der Waals surface area contributed by atoms with Gasteiger partial charge in [0, 0.05) is 13.2 Å². The van der Waals surface area contributed by atoms with E-state index in [2.05, 4.69) is 19.7 Å². The molecule has 2 aromatic rings. The summed E-state index contributed by atoms with van der Waals surface area (Å²) >= 11 is 0. The molecule has 0 spiro atoms. The second-order valence-electron chi connectivity index (χ2n) is 4.16. The molecule has 0 bridgehead atoms. The molecule has 0 saturated carbocycles. The lowest BCUT2D eigenvalue weighted by atomic mass is 10.4. The van der Waals surface area contributed by atoms with Gasteiger partial charge in [-0.3, -0.25) is 4.72 Å². The van der Waals surface area contributed by atoms with Gasteiger partial charge >= 0.3 is 0 Å². The van der Waals surface area contributed by atoms with Crippen LogP contribution in [0.15, 0.2) is 29.6 Å². The third-order valence-electron chi connectivity index (χ3n) is 2.50. The van der Waals surface area contributed by atoms with Gasteiger partial charge in [-0.15, -0.1) is 0 Å². The van der Waals surface area contributed by atoms with Gasteiger partial charge in [-0.05, 0) is 13.0 Å². The molecule has 0 aliphatic rings. The molecular formula is C12H16N4O4S. The number of nitrogens with zero attached hydrogens (tertiary/aromatic N) is 2. The van der Waals surface area contributed by atoms with E-state index in [0.29, 0.717) is 30.6 Å². The number of aromatic amines is 1. The molecule has 8 nitrogen and oxygen atoms in total. The van der Waals surface area contributed by atoms with E-state index >= 15 is 0 Å². The van der Waals surface area contributed by atoms with Gasteiger partial charge in [0.15, 0.2) is 5.03 Å². The van der Waals surface area contributed by atoms with Gasteiger partial charge in [-0.25, -0.2) is 9.97 Å². The Labute approximate surface area is 122 Å². The van der Waals surface area contributed by atoms with Crippen molar-refractivity contribution in [2.75, 3.05) is 25.0 Å². The van der Waals surface area contributed by atoms with Crippen LogP contribution in [0.4, 0.5) is 5.69 Å². The van der Waals surface area contributed by atoms with E-state index in [1.165, 1.54) is 12.4 Å². The third kappa shape index (κ3) is 4.17. The van der Waals surface area contributed by atoms with Crippen molar-refractivity contribution in [1.29, 1.82) is 0 Å². The van der Waals surface area contributed by atoms with Crippen LogP contribution in [0.5, 0.6) is 5.88 Å². The van der Waals surface area contributed by atoms with Crippen LogP contribution in [0, 0.1) is 6.92 Å². The number of rotatable bonds is 7. The first-order valence-electron chi connectivity index (χ1n) is 6.13. The van der Waals surface area contributed by atoms with Crippen molar-refractivity contribution >= 4 is 15.7 Å². The largest absolute Gasteiger partial charge is 0.475 e. The van der Waals surface area contributed by atoms with Gasteiger partial charge in [-0.2, -0.15) is 8.42 Å². The van der Waals surface area contributed by atoms with Crippen LogP contribution in [0.25, 0.3) is 0 Å². The zero-order chi connectivity index (χ0) is 15.3. The second-order valence-corrected chi connectivity index (χ2v) is 5.82. The van der Waals surface area contributed by atoms with Gasteiger partial charge in [-0.1, -0.05) is 0 Å². The number of methoxy groups -OCH3 is 1. The fourth-order valence-corrected chi connectivity index (χ4v) is 2.52. The number of nitrogens with one attached hydrogen (secondary N) is 2. The molecule has 0 radical (unpaired) electrons. The first-order chi connectivity index (χ1) is 10.0. The highest BCUT2D eigenvalue weighted by atomic mass is 32.2. The highest BCUT2D eigenvalue weighted by Gasteiger charge is 2.16. The van der Waals surface area contributed by atoms with Crippen LogP contribution in [0.1, 0.15) is 5.82 Å². The SMILES string of the molecule is COCCOc1ccc(NS(=O)(=O)c2cnc(C)[nH]2)cn1. The Balaban J connectivity index is 2.03. The van der Waals surface area contributed by atoms with Crippen LogP contribution in [-0.4, -0.2) is 43.7 Å². The number of aryl methyl sites for hydroxylation is 1. The maximum atomic E-state index is 12.1. The smallest absolute Gasteiger partial charge is 0.279 e. The van der Waals surface area contributed by atoms with E-state index in [4.69, 9.17) is 9.47 Å². The molecule has 2 heterocycles. The normalized spacial score (nSPS) is 11.3. The number of imidazole rings is 1. The first kappa shape index (κ1) is 15.3. The summed E-state index contributed by atoms with van der Waals surface area (Å²) in [5.74, 6) is 0.919. The van der Waals surface area contributed by atoms with Crippen molar-refractivity contribution in [3.8, 4) is 5.88 Å². The Kier molecular flexibility index (Phi) is 4.76. The molecule has 0 aromatic carbocycles. The second kappa shape index (κ2) is 6.55. The Bertz CT molecular complexity index is 682. The lowest BCUT2D eigenvalue weighted by Gasteiger charge is -2.07. The van der Waals surface area contributed by atoms with Crippen LogP contribution in [-0.2, 0) is 14.8 Å². The highest BCUT2D eigenvalue weighted by Crippen LogP contribution is 2.16. The minimum absolute atomic E-state index is 0.000390. The number of anilines is 1. The van der Waals surface area contributed by atoms with Crippen LogP contribution in [0.2, 0.25) is 0 Å². The van der Waals surface area contributed by atoms with Gasteiger partial charge in [0.05, 0.1) is 24.7 Å². The number of H-pyrrole nitrogens is 1. The summed E-state index contributed by atoms with van der Waals surface area (Å²) in [5.41, 5.74) is 0.335. The lowest BCUT2D eigenvalue weighted by molar-refractivity contribution is 0.144. The zero-order valence-corrected chi connectivity index (χ0v) is 12.5. The van der Waals surface area contributed by atoms with E-state index in [9.17, 15) is 8.42 Å². The summed E-state index contributed by atoms with van der Waals surface area (Å²) in [4.78, 5) is 10.5. The number of pyridine rings is 1. The minimum Gasteiger partial charge on any atom is -0.475 e. The lowest BCUT2D eigenvalue weighted by Crippen LogP contribution is -2.13. The topological polar surface area (TPSA) is 106 Å². The molecule has 2 aromatic heterocycles. The fourth-order valence-electron chi connectivity index (χ4n) is 1.50. The van der Waals surface area contributed by atoms with Crippen molar-refractivity contribution in [1.82, 2.24) is 15.0 Å². The van der Waals surface area contributed by atoms with E-state index in [1.807, 2.05) is 0 Å². The number of ether oxygens (including phenoxy) is 2. The van der Waals surface area contributed by atoms with E-state index < -0.39 is 10.0 Å². The van der Waals surface area contributed by atoms with Crippen LogP contribution in [0.3, 0.4) is 0 Å². The summed E-state index contributed by atoms with van der Waals surface area (Å²) in [6.07, 6.45) is 2.64. The fraction of sp³-hybridized carbons (Fsp3) is 0.333. The molecule has 0 aliphatic heterocycles. The Hall–Kier alpha value is -2.13. The molecule has 0 unspecified atom stereocenters. The number of sulfonamides is 1. The Morgan fingerprint density at radius 3 is 2.62 bits per heavy atom. The van der Waals surface area contributed by atoms with Gasteiger partial charge in [0.1, 0.15) is 12.4 Å². The molecule has 2 rings (SSSR count). The highest BCUT2D eigenvalue weighted by molar-refractivity contribution is 7.92. The average Bonchev–Trinajstić information content (AvgIpc) is 2.88. The summed E-state index contributed by atoms with van der Waals surface area (Å²) in [6.45, 7) is 2.50.